The van der Waals surface area contributed by atoms with E-state index in [2.05, 4.69) is 0 Å². The summed E-state index contributed by atoms with van der Waals surface area (Å²) in [6.07, 6.45) is -2.81. The molecule has 2 atom stereocenters. The number of benzene rings is 1. The fraction of sp³-hybridized carbons (Fsp3) is 0.273. The number of nitrogens with two attached hydrogens (primary N) is 1. The van der Waals surface area contributed by atoms with Gasteiger partial charge in [0, 0.05) is 5.69 Å². The van der Waals surface area contributed by atoms with Gasteiger partial charge in [-0.05, 0) is 17.7 Å². The Kier molecular flexibility index (Phi) is 4.04. The van der Waals surface area contributed by atoms with E-state index in [1.807, 2.05) is 0 Å². The van der Waals surface area contributed by atoms with Gasteiger partial charge in [0.05, 0.1) is 24.2 Å². The Balaban J connectivity index is 3.04. The third-order valence-corrected chi connectivity index (χ3v) is 2.31. The summed E-state index contributed by atoms with van der Waals surface area (Å²) in [5, 5.41) is 36.3. The highest BCUT2D eigenvalue weighted by atomic mass is 16.4. The van der Waals surface area contributed by atoms with E-state index in [-0.39, 0.29) is 23.2 Å². The summed E-state index contributed by atoms with van der Waals surface area (Å²) in [5.41, 5.74) is 5.58. The normalized spacial score (nSPS) is 13.7. The van der Waals surface area contributed by atoms with Gasteiger partial charge in [0.1, 0.15) is 6.10 Å². The number of aliphatic hydroxyl groups excluding tert-OH is 2. The first kappa shape index (κ1) is 13.0. The Hall–Kier alpha value is -2.10. The minimum absolute atomic E-state index is 0.0724. The minimum atomic E-state index is -1.31. The standard InChI is InChI=1S/C11H12N2O4/c12-4-3-9(14)10(15)6-1-2-8(13)7(5-6)11(16)17/h1-2,5,9-10,14-15H,3,13H2,(H,16,17). The lowest BCUT2D eigenvalue weighted by Gasteiger charge is -2.16. The molecule has 17 heavy (non-hydrogen) atoms. The molecule has 0 heterocycles. The van der Waals surface area contributed by atoms with E-state index in [0.717, 1.165) is 0 Å². The van der Waals surface area contributed by atoms with Crippen LogP contribution in [0.25, 0.3) is 0 Å². The fourth-order valence-electron chi connectivity index (χ4n) is 1.37. The van der Waals surface area contributed by atoms with Gasteiger partial charge in [-0.3, -0.25) is 0 Å². The SMILES string of the molecule is N#CCC(O)C(O)c1ccc(N)c(C(=O)O)c1. The average molecular weight is 236 g/mol. The van der Waals surface area contributed by atoms with Crippen LogP contribution in [-0.4, -0.2) is 27.4 Å². The molecule has 0 aromatic heterocycles. The highest BCUT2D eigenvalue weighted by Gasteiger charge is 2.20. The maximum Gasteiger partial charge on any atom is 0.337 e. The monoisotopic (exact) mass is 236 g/mol. The number of nitrogen functional groups attached to an aromatic ring is 1. The topological polar surface area (TPSA) is 128 Å². The molecule has 0 aliphatic rings. The molecule has 0 aliphatic carbocycles. The van der Waals surface area contributed by atoms with Crippen LogP contribution in [0.3, 0.4) is 0 Å². The van der Waals surface area contributed by atoms with E-state index in [1.54, 1.807) is 6.07 Å². The van der Waals surface area contributed by atoms with Gasteiger partial charge in [0.25, 0.3) is 0 Å². The molecule has 1 rings (SSSR count). The van der Waals surface area contributed by atoms with E-state index in [4.69, 9.17) is 16.1 Å². The van der Waals surface area contributed by atoms with Crippen molar-refractivity contribution in [3.63, 3.8) is 0 Å². The number of nitriles is 1. The van der Waals surface area contributed by atoms with E-state index in [0.29, 0.717) is 0 Å². The summed E-state index contributed by atoms with van der Waals surface area (Å²) in [5.74, 6) is -1.22. The van der Waals surface area contributed by atoms with Crippen molar-refractivity contribution in [2.75, 3.05) is 5.73 Å². The molecule has 2 unspecified atom stereocenters. The van der Waals surface area contributed by atoms with Crippen LogP contribution in [0.4, 0.5) is 5.69 Å². The molecule has 1 aromatic rings. The first-order valence-corrected chi connectivity index (χ1v) is 4.83. The molecule has 0 amide bonds. The molecule has 0 aliphatic heterocycles. The molecule has 90 valence electrons. The highest BCUT2D eigenvalue weighted by Crippen LogP contribution is 2.23. The van der Waals surface area contributed by atoms with Gasteiger partial charge in [0.15, 0.2) is 0 Å². The van der Waals surface area contributed by atoms with E-state index < -0.39 is 18.2 Å². The first-order valence-electron chi connectivity index (χ1n) is 4.83. The number of rotatable bonds is 4. The van der Waals surface area contributed by atoms with Crippen molar-refractivity contribution in [2.45, 2.75) is 18.6 Å². The summed E-state index contributed by atoms with van der Waals surface area (Å²) in [4.78, 5) is 10.8. The lowest BCUT2D eigenvalue weighted by atomic mass is 9.99. The van der Waals surface area contributed by atoms with Crippen LogP contribution in [0.15, 0.2) is 18.2 Å². The quantitative estimate of drug-likeness (QED) is 0.556. The lowest BCUT2D eigenvalue weighted by Crippen LogP contribution is -2.18. The average Bonchev–Trinajstić information content (AvgIpc) is 2.28. The van der Waals surface area contributed by atoms with Crippen molar-refractivity contribution in [3.8, 4) is 6.07 Å². The van der Waals surface area contributed by atoms with Crippen LogP contribution in [0.5, 0.6) is 0 Å². The van der Waals surface area contributed by atoms with Gasteiger partial charge >= 0.3 is 5.97 Å². The zero-order valence-corrected chi connectivity index (χ0v) is 8.87. The number of hydrogen-bond donors (Lipinski definition) is 4. The van der Waals surface area contributed by atoms with Crippen LogP contribution < -0.4 is 5.73 Å². The molecule has 6 nitrogen and oxygen atoms in total. The predicted molar refractivity (Wildman–Crippen MR) is 59.0 cm³/mol. The van der Waals surface area contributed by atoms with Crippen molar-refractivity contribution in [2.24, 2.45) is 0 Å². The summed E-state index contributed by atoms with van der Waals surface area (Å²) in [6, 6.07) is 5.64. The van der Waals surface area contributed by atoms with E-state index in [1.165, 1.54) is 18.2 Å². The van der Waals surface area contributed by atoms with Crippen LogP contribution >= 0.6 is 0 Å². The summed E-state index contributed by atoms with van der Waals surface area (Å²) in [7, 11) is 0. The summed E-state index contributed by atoms with van der Waals surface area (Å²) < 4.78 is 0. The van der Waals surface area contributed by atoms with Crippen LogP contribution in [0, 0.1) is 11.3 Å². The predicted octanol–water partition coefficient (Wildman–Crippen LogP) is 0.275. The number of aliphatic hydroxyl groups is 2. The Labute approximate surface area is 97.5 Å². The van der Waals surface area contributed by atoms with E-state index >= 15 is 0 Å². The maximum atomic E-state index is 10.8. The van der Waals surface area contributed by atoms with Crippen molar-refractivity contribution >= 4 is 11.7 Å². The maximum absolute atomic E-state index is 10.8. The smallest absolute Gasteiger partial charge is 0.337 e. The van der Waals surface area contributed by atoms with Gasteiger partial charge in [-0.25, -0.2) is 4.79 Å². The second kappa shape index (κ2) is 5.30. The molecular formula is C11H12N2O4. The van der Waals surface area contributed by atoms with Gasteiger partial charge in [0.2, 0.25) is 0 Å². The summed E-state index contributed by atoms with van der Waals surface area (Å²) >= 11 is 0. The number of anilines is 1. The van der Waals surface area contributed by atoms with Crippen molar-refractivity contribution in [3.05, 3.63) is 29.3 Å². The number of carboxylic acids is 1. The second-order valence-corrected chi connectivity index (χ2v) is 3.53. The number of hydrogen-bond acceptors (Lipinski definition) is 5. The van der Waals surface area contributed by atoms with Crippen molar-refractivity contribution < 1.29 is 20.1 Å². The van der Waals surface area contributed by atoms with Crippen LogP contribution in [-0.2, 0) is 0 Å². The number of nitrogens with zero attached hydrogens (tertiary/aromatic N) is 1. The molecule has 6 heteroatoms. The van der Waals surface area contributed by atoms with Gasteiger partial charge < -0.3 is 21.1 Å². The fourth-order valence-corrected chi connectivity index (χ4v) is 1.37. The molecule has 0 spiro atoms. The van der Waals surface area contributed by atoms with Crippen molar-refractivity contribution in [1.29, 1.82) is 5.26 Å². The molecular weight excluding hydrogens is 224 g/mol. The third-order valence-electron chi connectivity index (χ3n) is 2.31. The summed E-state index contributed by atoms with van der Waals surface area (Å²) in [6.45, 7) is 0. The molecule has 0 saturated carbocycles. The van der Waals surface area contributed by atoms with Gasteiger partial charge in [-0.2, -0.15) is 5.26 Å². The number of carboxylic acid groups (broad SMARTS) is 1. The molecule has 5 N–H and O–H groups in total. The minimum Gasteiger partial charge on any atom is -0.478 e. The molecule has 0 radical (unpaired) electrons. The molecule has 0 saturated heterocycles. The largest absolute Gasteiger partial charge is 0.478 e. The molecule has 0 bridgehead atoms. The van der Waals surface area contributed by atoms with Crippen LogP contribution in [0.1, 0.15) is 28.4 Å². The van der Waals surface area contributed by atoms with Gasteiger partial charge in [-0.15, -0.1) is 0 Å². The zero-order chi connectivity index (χ0) is 13.0. The molecule has 0 fully saturated rings. The van der Waals surface area contributed by atoms with Crippen LogP contribution in [0.2, 0.25) is 0 Å². The zero-order valence-electron chi connectivity index (χ0n) is 8.87. The highest BCUT2D eigenvalue weighted by molar-refractivity contribution is 5.93. The van der Waals surface area contributed by atoms with E-state index in [9.17, 15) is 15.0 Å². The Morgan fingerprint density at radius 3 is 2.65 bits per heavy atom. The number of aromatic carboxylic acids is 1. The Bertz CT molecular complexity index is 467. The second-order valence-electron chi connectivity index (χ2n) is 3.53. The third kappa shape index (κ3) is 2.93. The molecule has 1 aromatic carbocycles. The Morgan fingerprint density at radius 1 is 1.47 bits per heavy atom. The van der Waals surface area contributed by atoms with Crippen molar-refractivity contribution in [1.82, 2.24) is 0 Å². The van der Waals surface area contributed by atoms with Gasteiger partial charge in [-0.1, -0.05) is 6.07 Å². The number of carbonyl (C=O) groups is 1. The Morgan fingerprint density at radius 2 is 2.12 bits per heavy atom. The lowest BCUT2D eigenvalue weighted by molar-refractivity contribution is 0.0215. The first-order chi connectivity index (χ1) is 7.97.